The predicted molar refractivity (Wildman–Crippen MR) is 153 cm³/mol. The van der Waals surface area contributed by atoms with Gasteiger partial charge in [-0.25, -0.2) is 32.5 Å². The maximum atomic E-state index is 12.7. The SMILES string of the molecule is [C-]#[N+]CCOC(=O)NC(=NC[C@]1(CC)O[C@@H](n2ccc(=O)[nH]c2=O)[C@@H](OC)C1OP(C)OCCC#N)NC(=O)OCC[N+]#[C-]. The maximum Gasteiger partial charge on any atom is 0.414 e. The van der Waals surface area contributed by atoms with Crippen LogP contribution in [0.2, 0.25) is 0 Å². The van der Waals surface area contributed by atoms with E-state index in [1.54, 1.807) is 13.6 Å². The molecule has 0 radical (unpaired) electrons. The van der Waals surface area contributed by atoms with E-state index in [0.717, 1.165) is 10.6 Å². The highest BCUT2D eigenvalue weighted by Crippen LogP contribution is 2.48. The average molecular weight is 637 g/mol. The molecule has 44 heavy (non-hydrogen) atoms. The minimum Gasteiger partial charge on any atom is -0.441 e. The summed E-state index contributed by atoms with van der Waals surface area (Å²) < 4.78 is 35.0. The number of carbonyl (C=O) groups excluding carboxylic acids is 2. The number of nitriles is 1. The summed E-state index contributed by atoms with van der Waals surface area (Å²) in [5.74, 6) is -0.400. The number of nitrogens with zero attached hydrogens (tertiary/aromatic N) is 5. The zero-order valence-corrected chi connectivity index (χ0v) is 25.2. The zero-order chi connectivity index (χ0) is 32.5. The Bertz CT molecular complexity index is 1360. The van der Waals surface area contributed by atoms with Gasteiger partial charge in [0.05, 0.1) is 25.6 Å². The Kier molecular flexibility index (Phi) is 14.9. The normalized spacial score (nSPS) is 21.1. The standard InChI is InChI=1S/C25H33N8O10P/c1-6-25(16-29-21(31-23(36)39-14-10-27-2)32-24(37)40-15-11-28-3)19(43-44(5)41-13-7-9-26)18(38-4)20(42-25)33-12-8-17(34)30-22(33)35/h8,12,18-20H,6-7,10-11,13-16H2,1,4-5H3,(H,30,34,35)(H2,29,31,32,36,37)/t18-,19?,20+,25-,44?/m0/s1. The molecule has 1 aromatic heterocycles. The Morgan fingerprint density at radius 2 is 1.84 bits per heavy atom. The molecular weight excluding hydrogens is 603 g/mol. The van der Waals surface area contributed by atoms with Crippen molar-refractivity contribution in [2.24, 2.45) is 4.99 Å². The molecule has 2 heterocycles. The van der Waals surface area contributed by atoms with Crippen LogP contribution >= 0.6 is 8.38 Å². The van der Waals surface area contributed by atoms with Crippen molar-refractivity contribution in [2.45, 2.75) is 43.8 Å². The highest BCUT2D eigenvalue weighted by Gasteiger charge is 2.57. The molecule has 5 atom stereocenters. The number of hydrogen-bond acceptors (Lipinski definition) is 12. The maximum absolute atomic E-state index is 12.7. The van der Waals surface area contributed by atoms with Gasteiger partial charge in [0.2, 0.25) is 19.0 Å². The number of aliphatic imine (C=N–C) groups is 1. The van der Waals surface area contributed by atoms with Crippen LogP contribution in [0.3, 0.4) is 0 Å². The summed E-state index contributed by atoms with van der Waals surface area (Å²) in [6.45, 7) is 16.3. The third-order valence-electron chi connectivity index (χ3n) is 6.02. The van der Waals surface area contributed by atoms with Gasteiger partial charge in [-0.1, -0.05) is 6.92 Å². The van der Waals surface area contributed by atoms with Gasteiger partial charge in [-0.2, -0.15) is 5.26 Å². The van der Waals surface area contributed by atoms with Crippen molar-refractivity contribution in [3.8, 4) is 6.07 Å². The fourth-order valence-electron chi connectivity index (χ4n) is 3.95. The number of rotatable bonds is 14. The number of aromatic amines is 1. The van der Waals surface area contributed by atoms with E-state index in [1.807, 2.05) is 6.07 Å². The third kappa shape index (κ3) is 10.4. The number of ether oxygens (including phenoxy) is 4. The molecule has 238 valence electrons. The van der Waals surface area contributed by atoms with Gasteiger partial charge in [-0.3, -0.25) is 25.0 Å². The summed E-state index contributed by atoms with van der Waals surface area (Å²) in [5.41, 5.74) is -2.75. The molecule has 18 nitrogen and oxygen atoms in total. The molecular formula is C25H33N8O10P. The predicted octanol–water partition coefficient (Wildman–Crippen LogP) is 1.13. The Labute approximate surface area is 253 Å². The van der Waals surface area contributed by atoms with Gasteiger partial charge < -0.3 is 37.7 Å². The number of carbonyl (C=O) groups is 2. The lowest BCUT2D eigenvalue weighted by molar-refractivity contribution is -0.0995. The van der Waals surface area contributed by atoms with E-state index in [0.29, 0.717) is 0 Å². The van der Waals surface area contributed by atoms with Crippen LogP contribution in [-0.2, 0) is 28.0 Å². The summed E-state index contributed by atoms with van der Waals surface area (Å²) in [7, 11) is -0.225. The van der Waals surface area contributed by atoms with Crippen molar-refractivity contribution < 1.29 is 37.6 Å². The van der Waals surface area contributed by atoms with Gasteiger partial charge in [0.25, 0.3) is 5.56 Å². The first kappa shape index (κ1) is 35.8. The monoisotopic (exact) mass is 636 g/mol. The minimum absolute atomic E-state index is 0.0852. The average Bonchev–Trinajstić information content (AvgIpc) is 3.29. The number of aromatic nitrogens is 2. The number of methoxy groups -OCH3 is 1. The molecule has 2 amide bonds. The van der Waals surface area contributed by atoms with E-state index in [9.17, 15) is 19.2 Å². The molecule has 1 aromatic rings. The molecule has 2 rings (SSSR count). The van der Waals surface area contributed by atoms with Crippen molar-refractivity contribution in [3.05, 3.63) is 55.9 Å². The molecule has 0 saturated carbocycles. The molecule has 2 unspecified atom stereocenters. The number of nitrogens with one attached hydrogen (secondary N) is 3. The minimum atomic E-state index is -1.60. The van der Waals surface area contributed by atoms with Gasteiger partial charge in [0.15, 0.2) is 27.8 Å². The van der Waals surface area contributed by atoms with Gasteiger partial charge in [-0.15, -0.1) is 0 Å². The highest BCUT2D eigenvalue weighted by molar-refractivity contribution is 7.46. The quantitative estimate of drug-likeness (QED) is 0.0865. The highest BCUT2D eigenvalue weighted by atomic mass is 31.2. The van der Waals surface area contributed by atoms with Gasteiger partial charge in [0.1, 0.15) is 17.8 Å². The molecule has 1 aliphatic heterocycles. The Hall–Kier alpha value is -4.37. The van der Waals surface area contributed by atoms with Crippen molar-refractivity contribution in [3.63, 3.8) is 0 Å². The molecule has 0 bridgehead atoms. The summed E-state index contributed by atoms with van der Waals surface area (Å²) in [4.78, 5) is 61.7. The first-order chi connectivity index (χ1) is 21.1. The van der Waals surface area contributed by atoms with Crippen LogP contribution in [0.4, 0.5) is 9.59 Å². The van der Waals surface area contributed by atoms with Crippen molar-refractivity contribution in [2.75, 3.05) is 53.2 Å². The van der Waals surface area contributed by atoms with Gasteiger partial charge >= 0.3 is 17.9 Å². The Balaban J connectivity index is 2.48. The van der Waals surface area contributed by atoms with Crippen LogP contribution in [0.5, 0.6) is 0 Å². The van der Waals surface area contributed by atoms with Crippen LogP contribution in [0.1, 0.15) is 26.0 Å². The van der Waals surface area contributed by atoms with Crippen LogP contribution in [0, 0.1) is 24.5 Å². The van der Waals surface area contributed by atoms with Crippen molar-refractivity contribution >= 4 is 26.5 Å². The lowest BCUT2D eigenvalue weighted by Crippen LogP contribution is -2.49. The van der Waals surface area contributed by atoms with Crippen molar-refractivity contribution in [1.29, 1.82) is 5.26 Å². The number of alkyl carbamates (subject to hydrolysis) is 2. The summed E-state index contributed by atoms with van der Waals surface area (Å²) in [5, 5.41) is 13.4. The molecule has 0 spiro atoms. The number of H-pyrrole nitrogens is 1. The third-order valence-corrected chi connectivity index (χ3v) is 7.09. The Morgan fingerprint density at radius 1 is 1.20 bits per heavy atom. The van der Waals surface area contributed by atoms with Crippen LogP contribution < -0.4 is 21.9 Å². The molecule has 19 heteroatoms. The smallest absolute Gasteiger partial charge is 0.414 e. The molecule has 1 fully saturated rings. The molecule has 1 saturated heterocycles. The topological polar surface area (TPSA) is 213 Å². The van der Waals surface area contributed by atoms with E-state index in [1.165, 1.54) is 13.3 Å². The molecule has 3 N–H and O–H groups in total. The van der Waals surface area contributed by atoms with Crippen molar-refractivity contribution in [1.82, 2.24) is 20.2 Å². The Morgan fingerprint density at radius 3 is 2.36 bits per heavy atom. The molecule has 0 aromatic carbocycles. The second-order valence-electron chi connectivity index (χ2n) is 8.80. The number of hydrogen-bond donors (Lipinski definition) is 3. The second kappa shape index (κ2) is 18.3. The van der Waals surface area contributed by atoms with Gasteiger partial charge in [0, 0.05) is 26.0 Å². The second-order valence-corrected chi connectivity index (χ2v) is 10.2. The summed E-state index contributed by atoms with van der Waals surface area (Å²) >= 11 is 0. The van der Waals surface area contributed by atoms with E-state index in [2.05, 4.69) is 30.3 Å². The molecule has 1 aliphatic rings. The largest absolute Gasteiger partial charge is 0.441 e. The fourth-order valence-corrected chi connectivity index (χ4v) is 4.99. The fraction of sp³-hybridized carbons (Fsp3) is 0.600. The van der Waals surface area contributed by atoms with Gasteiger partial charge in [-0.05, 0) is 6.42 Å². The number of amides is 2. The van der Waals surface area contributed by atoms with E-state index in [4.69, 9.17) is 46.4 Å². The zero-order valence-electron chi connectivity index (χ0n) is 24.3. The lowest BCUT2D eigenvalue weighted by Gasteiger charge is -2.34. The van der Waals surface area contributed by atoms with E-state index >= 15 is 0 Å². The van der Waals surface area contributed by atoms with E-state index in [-0.39, 0.29) is 52.3 Å². The first-order valence-corrected chi connectivity index (χ1v) is 14.8. The summed E-state index contributed by atoms with van der Waals surface area (Å²) in [6.07, 6.45) is -3.48. The van der Waals surface area contributed by atoms with Crippen LogP contribution in [0.25, 0.3) is 9.69 Å². The van der Waals surface area contributed by atoms with Crippen LogP contribution in [0.15, 0.2) is 26.8 Å². The summed E-state index contributed by atoms with van der Waals surface area (Å²) in [6, 6.07) is 3.12. The lowest BCUT2D eigenvalue weighted by atomic mass is 9.92. The van der Waals surface area contributed by atoms with Crippen LogP contribution in [-0.4, -0.2) is 98.7 Å². The first-order valence-electron chi connectivity index (χ1n) is 13.2. The number of guanidine groups is 1. The molecule has 0 aliphatic carbocycles. The van der Waals surface area contributed by atoms with E-state index < -0.39 is 61.8 Å².